The van der Waals surface area contributed by atoms with Crippen LogP contribution in [0.25, 0.3) is 6.08 Å². The van der Waals surface area contributed by atoms with Crippen LogP contribution in [-0.2, 0) is 6.61 Å². The van der Waals surface area contributed by atoms with Gasteiger partial charge in [-0.15, -0.1) is 0 Å². The highest BCUT2D eigenvalue weighted by Gasteiger charge is 2.12. The molecule has 0 fully saturated rings. The standard InChI is InChI=1S/C27H27ClO5/c1-17-12-22(13-18(2)27(17)28)33-16-20-14-19(7-10-25(20)31-4)6-9-24(29)23-15-21(30-3)8-11-26(23)32-5/h6-15H,16H2,1-5H3/b9-6+. The summed E-state index contributed by atoms with van der Waals surface area (Å²) in [5.41, 5.74) is 4.05. The summed E-state index contributed by atoms with van der Waals surface area (Å²) in [7, 11) is 4.70. The van der Waals surface area contributed by atoms with Gasteiger partial charge >= 0.3 is 0 Å². The highest BCUT2D eigenvalue weighted by atomic mass is 35.5. The van der Waals surface area contributed by atoms with Crippen molar-refractivity contribution in [3.8, 4) is 23.0 Å². The summed E-state index contributed by atoms with van der Waals surface area (Å²) in [6.45, 7) is 4.20. The van der Waals surface area contributed by atoms with Crippen LogP contribution in [0, 0.1) is 13.8 Å². The van der Waals surface area contributed by atoms with Gasteiger partial charge in [0.1, 0.15) is 29.6 Å². The SMILES string of the molecule is COc1ccc(OC)c(C(=O)/C=C/c2ccc(OC)c(COc3cc(C)c(Cl)c(C)c3)c2)c1. The summed E-state index contributed by atoms with van der Waals surface area (Å²) in [5, 5.41) is 0.740. The molecule has 0 aliphatic rings. The lowest BCUT2D eigenvalue weighted by Crippen LogP contribution is -2.01. The number of carbonyl (C=O) groups excluding carboxylic acids is 1. The second kappa shape index (κ2) is 10.9. The summed E-state index contributed by atoms with van der Waals surface area (Å²) in [6, 6.07) is 14.6. The largest absolute Gasteiger partial charge is 0.497 e. The minimum Gasteiger partial charge on any atom is -0.497 e. The number of hydrogen-bond donors (Lipinski definition) is 0. The normalized spacial score (nSPS) is 10.8. The van der Waals surface area contributed by atoms with Gasteiger partial charge in [0.2, 0.25) is 0 Å². The molecule has 0 aliphatic heterocycles. The zero-order chi connectivity index (χ0) is 24.0. The van der Waals surface area contributed by atoms with Gasteiger partial charge in [0.05, 0.1) is 26.9 Å². The molecule has 0 bridgehead atoms. The first-order valence-electron chi connectivity index (χ1n) is 10.4. The molecule has 0 radical (unpaired) electrons. The average Bonchev–Trinajstić information content (AvgIpc) is 2.83. The molecule has 33 heavy (non-hydrogen) atoms. The zero-order valence-corrected chi connectivity index (χ0v) is 20.2. The monoisotopic (exact) mass is 466 g/mol. The minimum absolute atomic E-state index is 0.188. The number of hydrogen-bond acceptors (Lipinski definition) is 5. The lowest BCUT2D eigenvalue weighted by atomic mass is 10.1. The Kier molecular flexibility index (Phi) is 8.01. The van der Waals surface area contributed by atoms with E-state index in [1.165, 1.54) is 13.2 Å². The number of methoxy groups -OCH3 is 3. The van der Waals surface area contributed by atoms with Gasteiger partial charge in [-0.3, -0.25) is 4.79 Å². The van der Waals surface area contributed by atoms with Gasteiger partial charge < -0.3 is 18.9 Å². The lowest BCUT2D eigenvalue weighted by Gasteiger charge is -2.13. The smallest absolute Gasteiger partial charge is 0.189 e. The highest BCUT2D eigenvalue weighted by molar-refractivity contribution is 6.32. The highest BCUT2D eigenvalue weighted by Crippen LogP contribution is 2.28. The first-order chi connectivity index (χ1) is 15.9. The number of rotatable bonds is 9. The van der Waals surface area contributed by atoms with E-state index in [2.05, 4.69) is 0 Å². The second-order valence-corrected chi connectivity index (χ2v) is 7.87. The molecule has 0 amide bonds. The van der Waals surface area contributed by atoms with Gasteiger partial charge in [0.25, 0.3) is 0 Å². The Morgan fingerprint density at radius 3 is 2.15 bits per heavy atom. The average molecular weight is 467 g/mol. The first-order valence-corrected chi connectivity index (χ1v) is 10.7. The molecule has 172 valence electrons. The van der Waals surface area contributed by atoms with Crippen LogP contribution in [0.1, 0.15) is 32.6 Å². The Bertz CT molecular complexity index is 1160. The number of ketones is 1. The third kappa shape index (κ3) is 5.88. The summed E-state index contributed by atoms with van der Waals surface area (Å²) >= 11 is 6.25. The summed E-state index contributed by atoms with van der Waals surface area (Å²) in [5.74, 6) is 2.33. The summed E-state index contributed by atoms with van der Waals surface area (Å²) in [6.07, 6.45) is 3.26. The van der Waals surface area contributed by atoms with Crippen LogP contribution < -0.4 is 18.9 Å². The van der Waals surface area contributed by atoms with E-state index in [0.29, 0.717) is 29.4 Å². The van der Waals surface area contributed by atoms with Crippen molar-refractivity contribution in [2.75, 3.05) is 21.3 Å². The van der Waals surface area contributed by atoms with E-state index in [1.54, 1.807) is 38.5 Å². The van der Waals surface area contributed by atoms with Gasteiger partial charge in [0.15, 0.2) is 5.78 Å². The number of benzene rings is 3. The van der Waals surface area contributed by atoms with Crippen LogP contribution in [0.4, 0.5) is 0 Å². The summed E-state index contributed by atoms with van der Waals surface area (Å²) < 4.78 is 22.0. The van der Waals surface area contributed by atoms with Crippen LogP contribution in [0.5, 0.6) is 23.0 Å². The first kappa shape index (κ1) is 24.2. The lowest BCUT2D eigenvalue weighted by molar-refractivity contribution is 0.104. The van der Waals surface area contributed by atoms with Gasteiger partial charge in [-0.1, -0.05) is 23.7 Å². The van der Waals surface area contributed by atoms with Crippen molar-refractivity contribution < 1.29 is 23.7 Å². The third-order valence-corrected chi connectivity index (χ3v) is 5.80. The van der Waals surface area contributed by atoms with Crippen molar-refractivity contribution in [1.82, 2.24) is 0 Å². The Hall–Kier alpha value is -3.44. The fourth-order valence-corrected chi connectivity index (χ4v) is 3.54. The maximum Gasteiger partial charge on any atom is 0.189 e. The van der Waals surface area contributed by atoms with Crippen molar-refractivity contribution in [3.05, 3.63) is 87.4 Å². The van der Waals surface area contributed by atoms with E-state index in [1.807, 2.05) is 44.2 Å². The van der Waals surface area contributed by atoms with Crippen LogP contribution in [-0.4, -0.2) is 27.1 Å². The number of carbonyl (C=O) groups is 1. The fraction of sp³-hybridized carbons (Fsp3) is 0.222. The molecule has 5 nitrogen and oxygen atoms in total. The molecule has 0 saturated carbocycles. The van der Waals surface area contributed by atoms with Gasteiger partial charge in [0, 0.05) is 10.6 Å². The molecule has 0 aromatic heterocycles. The van der Waals surface area contributed by atoms with Crippen LogP contribution in [0.3, 0.4) is 0 Å². The van der Waals surface area contributed by atoms with Gasteiger partial charge in [-0.25, -0.2) is 0 Å². The molecule has 3 aromatic carbocycles. The molecule has 3 rings (SSSR count). The van der Waals surface area contributed by atoms with E-state index in [-0.39, 0.29) is 5.78 Å². The van der Waals surface area contributed by atoms with Crippen molar-refractivity contribution in [1.29, 1.82) is 0 Å². The van der Waals surface area contributed by atoms with Crippen molar-refractivity contribution in [2.24, 2.45) is 0 Å². The Balaban J connectivity index is 1.81. The maximum absolute atomic E-state index is 12.8. The Morgan fingerprint density at radius 1 is 0.848 bits per heavy atom. The van der Waals surface area contributed by atoms with Gasteiger partial charge in [-0.2, -0.15) is 0 Å². The van der Waals surface area contributed by atoms with E-state index in [0.717, 1.165) is 33.0 Å². The molecule has 0 aliphatic carbocycles. The Morgan fingerprint density at radius 2 is 1.52 bits per heavy atom. The predicted octanol–water partition coefficient (Wildman–Crippen LogP) is 6.46. The van der Waals surface area contributed by atoms with Crippen molar-refractivity contribution in [2.45, 2.75) is 20.5 Å². The molecular weight excluding hydrogens is 440 g/mol. The van der Waals surface area contributed by atoms with Crippen LogP contribution in [0.15, 0.2) is 54.6 Å². The second-order valence-electron chi connectivity index (χ2n) is 7.49. The van der Waals surface area contributed by atoms with Crippen molar-refractivity contribution in [3.63, 3.8) is 0 Å². The molecule has 0 atom stereocenters. The molecule has 0 heterocycles. The van der Waals surface area contributed by atoms with Crippen LogP contribution in [0.2, 0.25) is 5.02 Å². The fourth-order valence-electron chi connectivity index (χ4n) is 3.43. The number of halogens is 1. The molecule has 0 N–H and O–H groups in total. The zero-order valence-electron chi connectivity index (χ0n) is 19.4. The molecule has 0 saturated heterocycles. The van der Waals surface area contributed by atoms with E-state index in [4.69, 9.17) is 30.5 Å². The molecule has 3 aromatic rings. The topological polar surface area (TPSA) is 54.0 Å². The van der Waals surface area contributed by atoms with E-state index in [9.17, 15) is 4.79 Å². The number of aryl methyl sites for hydroxylation is 2. The van der Waals surface area contributed by atoms with Gasteiger partial charge in [-0.05, 0) is 79.1 Å². The van der Waals surface area contributed by atoms with E-state index >= 15 is 0 Å². The molecule has 0 spiro atoms. The molecule has 6 heteroatoms. The molecule has 0 unspecified atom stereocenters. The third-order valence-electron chi connectivity index (χ3n) is 5.21. The van der Waals surface area contributed by atoms with E-state index < -0.39 is 0 Å². The number of ether oxygens (including phenoxy) is 4. The predicted molar refractivity (Wildman–Crippen MR) is 131 cm³/mol. The quantitative estimate of drug-likeness (QED) is 0.267. The molecular formula is C27H27ClO5. The summed E-state index contributed by atoms with van der Waals surface area (Å²) in [4.78, 5) is 12.8. The Labute approximate surface area is 199 Å². The maximum atomic E-state index is 12.8. The minimum atomic E-state index is -0.188. The van der Waals surface area contributed by atoms with Crippen LogP contribution >= 0.6 is 11.6 Å². The van der Waals surface area contributed by atoms with Crippen molar-refractivity contribution >= 4 is 23.5 Å². The number of allylic oxidation sites excluding steroid dienone is 1.